The largest absolute Gasteiger partial charge is 0.370 e. The molecule has 0 unspecified atom stereocenters. The summed E-state index contributed by atoms with van der Waals surface area (Å²) in [5, 5.41) is 2.99. The molecule has 2 aromatic rings. The van der Waals surface area contributed by atoms with Crippen LogP contribution in [0.1, 0.15) is 27.0 Å². The number of hydrogen-bond donors (Lipinski definition) is 2. The van der Waals surface area contributed by atoms with E-state index in [0.29, 0.717) is 5.56 Å². The van der Waals surface area contributed by atoms with Gasteiger partial charge in [0.15, 0.2) is 0 Å². The Kier molecular flexibility index (Phi) is 5.28. The van der Waals surface area contributed by atoms with Crippen LogP contribution in [0.4, 0.5) is 5.69 Å². The van der Waals surface area contributed by atoms with Gasteiger partial charge in [-0.2, -0.15) is 0 Å². The first-order valence-electron chi connectivity index (χ1n) is 8.51. The van der Waals surface area contributed by atoms with Gasteiger partial charge in [-0.1, -0.05) is 29.8 Å². The summed E-state index contributed by atoms with van der Waals surface area (Å²) in [7, 11) is 0. The summed E-state index contributed by atoms with van der Waals surface area (Å²) in [5.41, 5.74) is 5.09. The molecule has 0 spiro atoms. The summed E-state index contributed by atoms with van der Waals surface area (Å²) in [4.78, 5) is 14.0. The normalized spacial score (nSPS) is 15.2. The van der Waals surface area contributed by atoms with Crippen LogP contribution in [-0.2, 0) is 11.3 Å². The smallest absolute Gasteiger partial charge is 0.255 e. The van der Waals surface area contributed by atoms with Gasteiger partial charge in [-0.05, 0) is 37.6 Å². The summed E-state index contributed by atoms with van der Waals surface area (Å²) in [5.74, 6) is -0.0628. The number of amides is 1. The molecule has 1 saturated heterocycles. The molecular weight excluding hydrogens is 300 g/mol. The van der Waals surface area contributed by atoms with E-state index >= 15 is 0 Å². The second-order valence-corrected chi connectivity index (χ2v) is 6.51. The Hall–Kier alpha value is -2.17. The zero-order valence-corrected chi connectivity index (χ0v) is 14.4. The lowest BCUT2D eigenvalue weighted by Crippen LogP contribution is -3.12. The van der Waals surface area contributed by atoms with Crippen LogP contribution in [0.5, 0.6) is 0 Å². The SMILES string of the molecule is Cc1ccc(NC(=O)c2ccc(C[NH+]3CCOCC3)cc2)c(C)c1. The fourth-order valence-electron chi connectivity index (χ4n) is 3.05. The lowest BCUT2D eigenvalue weighted by molar-refractivity contribution is -0.921. The fourth-order valence-corrected chi connectivity index (χ4v) is 3.05. The van der Waals surface area contributed by atoms with Gasteiger partial charge in [-0.3, -0.25) is 4.79 Å². The minimum absolute atomic E-state index is 0.0628. The molecule has 0 aromatic heterocycles. The average Bonchev–Trinajstić information content (AvgIpc) is 2.59. The molecule has 2 aromatic carbocycles. The first-order chi connectivity index (χ1) is 11.6. The van der Waals surface area contributed by atoms with Crippen molar-refractivity contribution in [3.8, 4) is 0 Å². The van der Waals surface area contributed by atoms with Gasteiger partial charge < -0.3 is 15.0 Å². The zero-order chi connectivity index (χ0) is 16.9. The van der Waals surface area contributed by atoms with Crippen molar-refractivity contribution in [2.24, 2.45) is 0 Å². The Balaban J connectivity index is 1.62. The van der Waals surface area contributed by atoms with Crippen molar-refractivity contribution in [2.45, 2.75) is 20.4 Å². The van der Waals surface area contributed by atoms with Gasteiger partial charge in [0.2, 0.25) is 0 Å². The molecule has 126 valence electrons. The molecule has 0 atom stereocenters. The van der Waals surface area contributed by atoms with Crippen molar-refractivity contribution in [1.82, 2.24) is 0 Å². The van der Waals surface area contributed by atoms with Gasteiger partial charge in [0.05, 0.1) is 13.2 Å². The standard InChI is InChI=1S/C20H24N2O2/c1-15-3-8-19(16(2)13-15)21-20(23)18-6-4-17(5-7-18)14-22-9-11-24-12-10-22/h3-8,13H,9-12,14H2,1-2H3,(H,21,23)/p+1. The van der Waals surface area contributed by atoms with Crippen molar-refractivity contribution >= 4 is 11.6 Å². The monoisotopic (exact) mass is 325 g/mol. The van der Waals surface area contributed by atoms with Gasteiger partial charge in [-0.25, -0.2) is 0 Å². The quantitative estimate of drug-likeness (QED) is 0.902. The molecule has 1 heterocycles. The number of morpholine rings is 1. The van der Waals surface area contributed by atoms with Crippen LogP contribution in [-0.4, -0.2) is 32.2 Å². The van der Waals surface area contributed by atoms with Crippen LogP contribution in [0.2, 0.25) is 0 Å². The topological polar surface area (TPSA) is 42.8 Å². The maximum atomic E-state index is 12.4. The maximum Gasteiger partial charge on any atom is 0.255 e. The highest BCUT2D eigenvalue weighted by molar-refractivity contribution is 6.04. The van der Waals surface area contributed by atoms with E-state index < -0.39 is 0 Å². The van der Waals surface area contributed by atoms with E-state index in [0.717, 1.165) is 44.1 Å². The molecule has 0 radical (unpaired) electrons. The third kappa shape index (κ3) is 4.22. The fraction of sp³-hybridized carbons (Fsp3) is 0.350. The van der Waals surface area contributed by atoms with Gasteiger partial charge in [0.1, 0.15) is 19.6 Å². The van der Waals surface area contributed by atoms with Crippen LogP contribution in [0.3, 0.4) is 0 Å². The molecule has 1 amide bonds. The molecule has 24 heavy (non-hydrogen) atoms. The molecule has 3 rings (SSSR count). The number of benzene rings is 2. The summed E-state index contributed by atoms with van der Waals surface area (Å²) >= 11 is 0. The number of quaternary nitrogens is 1. The molecule has 1 aliphatic rings. The molecule has 0 saturated carbocycles. The Labute approximate surface area is 143 Å². The predicted octanol–water partition coefficient (Wildman–Crippen LogP) is 1.97. The third-order valence-corrected chi connectivity index (χ3v) is 4.50. The predicted molar refractivity (Wildman–Crippen MR) is 95.5 cm³/mol. The number of rotatable bonds is 4. The Morgan fingerprint density at radius 2 is 1.79 bits per heavy atom. The minimum Gasteiger partial charge on any atom is -0.370 e. The number of nitrogens with one attached hydrogen (secondary N) is 2. The summed E-state index contributed by atoms with van der Waals surface area (Å²) < 4.78 is 5.39. The second-order valence-electron chi connectivity index (χ2n) is 6.51. The van der Waals surface area contributed by atoms with Gasteiger partial charge in [0.25, 0.3) is 5.91 Å². The molecule has 0 bridgehead atoms. The third-order valence-electron chi connectivity index (χ3n) is 4.50. The van der Waals surface area contributed by atoms with Crippen LogP contribution in [0.15, 0.2) is 42.5 Å². The number of carbonyl (C=O) groups excluding carboxylic acids is 1. The Morgan fingerprint density at radius 3 is 2.46 bits per heavy atom. The molecule has 4 nitrogen and oxygen atoms in total. The molecule has 4 heteroatoms. The number of carbonyl (C=O) groups is 1. The lowest BCUT2D eigenvalue weighted by atomic mass is 10.1. The van der Waals surface area contributed by atoms with E-state index in [2.05, 4.69) is 23.5 Å². The van der Waals surface area contributed by atoms with Crippen LogP contribution < -0.4 is 10.2 Å². The van der Waals surface area contributed by atoms with E-state index in [1.54, 1.807) is 0 Å². The van der Waals surface area contributed by atoms with Crippen molar-refractivity contribution < 1.29 is 14.4 Å². The van der Waals surface area contributed by atoms with E-state index in [9.17, 15) is 4.79 Å². The van der Waals surface area contributed by atoms with Crippen LogP contribution in [0.25, 0.3) is 0 Å². The highest BCUT2D eigenvalue weighted by Crippen LogP contribution is 2.17. The first-order valence-corrected chi connectivity index (χ1v) is 8.51. The zero-order valence-electron chi connectivity index (χ0n) is 14.4. The number of hydrogen-bond acceptors (Lipinski definition) is 2. The van der Waals surface area contributed by atoms with Gasteiger partial charge in [0, 0.05) is 16.8 Å². The van der Waals surface area contributed by atoms with Crippen molar-refractivity contribution in [2.75, 3.05) is 31.6 Å². The molecular formula is C20H25N2O2+. The maximum absolute atomic E-state index is 12.4. The Bertz CT molecular complexity index is 704. The van der Waals surface area contributed by atoms with E-state index in [1.165, 1.54) is 16.0 Å². The van der Waals surface area contributed by atoms with E-state index in [4.69, 9.17) is 4.74 Å². The lowest BCUT2D eigenvalue weighted by Gasteiger charge is -2.23. The number of anilines is 1. The summed E-state index contributed by atoms with van der Waals surface area (Å²) in [6.45, 7) is 8.83. The molecule has 2 N–H and O–H groups in total. The van der Waals surface area contributed by atoms with Crippen LogP contribution in [0, 0.1) is 13.8 Å². The minimum atomic E-state index is -0.0628. The highest BCUT2D eigenvalue weighted by Gasteiger charge is 2.14. The second kappa shape index (κ2) is 7.60. The van der Waals surface area contributed by atoms with Gasteiger partial charge in [-0.15, -0.1) is 0 Å². The van der Waals surface area contributed by atoms with E-state index in [1.807, 2.05) is 38.1 Å². The number of ether oxygens (including phenoxy) is 1. The Morgan fingerprint density at radius 1 is 1.08 bits per heavy atom. The van der Waals surface area contributed by atoms with Gasteiger partial charge >= 0.3 is 0 Å². The van der Waals surface area contributed by atoms with E-state index in [-0.39, 0.29) is 5.91 Å². The average molecular weight is 325 g/mol. The van der Waals surface area contributed by atoms with Crippen LogP contribution >= 0.6 is 0 Å². The summed E-state index contributed by atoms with van der Waals surface area (Å²) in [6.07, 6.45) is 0. The molecule has 1 aliphatic heterocycles. The number of aryl methyl sites for hydroxylation is 2. The molecule has 0 aliphatic carbocycles. The van der Waals surface area contributed by atoms with Crippen molar-refractivity contribution in [3.05, 3.63) is 64.7 Å². The summed E-state index contributed by atoms with van der Waals surface area (Å²) in [6, 6.07) is 14.0. The molecule has 1 fully saturated rings. The highest BCUT2D eigenvalue weighted by atomic mass is 16.5. The first kappa shape index (κ1) is 16.7. The van der Waals surface area contributed by atoms with Crippen molar-refractivity contribution in [3.63, 3.8) is 0 Å². The van der Waals surface area contributed by atoms with Crippen molar-refractivity contribution in [1.29, 1.82) is 0 Å².